The molecule has 2 rings (SSSR count). The van der Waals surface area contributed by atoms with Crippen LogP contribution in [0.25, 0.3) is 11.5 Å². The Morgan fingerprint density at radius 2 is 2.25 bits per heavy atom. The number of rotatable bonds is 5. The fraction of sp³-hybridized carbons (Fsp3) is 0.357. The predicted octanol–water partition coefficient (Wildman–Crippen LogP) is 2.27. The molecular formula is C14H17N3O3. The molecule has 0 radical (unpaired) electrons. The van der Waals surface area contributed by atoms with E-state index in [4.69, 9.17) is 9.15 Å². The molecule has 2 aromatic rings. The molecule has 0 fully saturated rings. The maximum atomic E-state index is 11.8. The number of carbonyl (C=O) groups is 1. The molecule has 1 aromatic heterocycles. The van der Waals surface area contributed by atoms with Crippen molar-refractivity contribution in [3.8, 4) is 17.2 Å². The second kappa shape index (κ2) is 6.18. The van der Waals surface area contributed by atoms with Gasteiger partial charge in [0.1, 0.15) is 5.75 Å². The Bertz CT molecular complexity index is 595. The van der Waals surface area contributed by atoms with Crippen LogP contribution in [0.4, 0.5) is 0 Å². The van der Waals surface area contributed by atoms with E-state index >= 15 is 0 Å². The normalized spacial score (nSPS) is 11.9. The van der Waals surface area contributed by atoms with Crippen LogP contribution in [0.5, 0.6) is 5.75 Å². The van der Waals surface area contributed by atoms with Crippen LogP contribution in [0.15, 0.2) is 28.7 Å². The highest BCUT2D eigenvalue weighted by atomic mass is 16.5. The Kier molecular flexibility index (Phi) is 4.34. The zero-order chi connectivity index (χ0) is 14.5. The van der Waals surface area contributed by atoms with Crippen molar-refractivity contribution in [1.82, 2.24) is 15.5 Å². The van der Waals surface area contributed by atoms with Crippen LogP contribution >= 0.6 is 0 Å². The second-order valence-electron chi connectivity index (χ2n) is 4.43. The van der Waals surface area contributed by atoms with Gasteiger partial charge in [-0.25, -0.2) is 0 Å². The van der Waals surface area contributed by atoms with Crippen LogP contribution in [-0.2, 0) is 0 Å². The van der Waals surface area contributed by atoms with Crippen molar-refractivity contribution in [2.75, 3.05) is 7.11 Å². The average molecular weight is 275 g/mol. The first-order chi connectivity index (χ1) is 9.63. The number of ether oxygens (including phenoxy) is 1. The molecule has 6 nitrogen and oxygen atoms in total. The molecule has 20 heavy (non-hydrogen) atoms. The average Bonchev–Trinajstić information content (AvgIpc) is 2.97. The van der Waals surface area contributed by atoms with Crippen LogP contribution < -0.4 is 10.1 Å². The summed E-state index contributed by atoms with van der Waals surface area (Å²) in [5, 5.41) is 10.4. The number of nitrogens with zero attached hydrogens (tertiary/aromatic N) is 2. The summed E-state index contributed by atoms with van der Waals surface area (Å²) in [4.78, 5) is 11.8. The van der Waals surface area contributed by atoms with Gasteiger partial charge in [0.2, 0.25) is 5.89 Å². The van der Waals surface area contributed by atoms with Crippen LogP contribution in [0.1, 0.15) is 31.0 Å². The minimum absolute atomic E-state index is 0.0388. The molecule has 1 heterocycles. The van der Waals surface area contributed by atoms with E-state index in [9.17, 15) is 4.79 Å². The first-order valence-electron chi connectivity index (χ1n) is 6.42. The number of hydrogen-bond donors (Lipinski definition) is 1. The van der Waals surface area contributed by atoms with E-state index in [1.807, 2.05) is 32.0 Å². The lowest BCUT2D eigenvalue weighted by Crippen LogP contribution is -2.32. The van der Waals surface area contributed by atoms with Gasteiger partial charge < -0.3 is 14.5 Å². The smallest absolute Gasteiger partial charge is 0.309 e. The van der Waals surface area contributed by atoms with Gasteiger partial charge >= 0.3 is 11.8 Å². The Labute approximate surface area is 117 Å². The van der Waals surface area contributed by atoms with E-state index in [0.717, 1.165) is 6.42 Å². The summed E-state index contributed by atoms with van der Waals surface area (Å²) in [6.45, 7) is 3.90. The Hall–Kier alpha value is -2.37. The second-order valence-corrected chi connectivity index (χ2v) is 4.43. The number of amides is 1. The highest BCUT2D eigenvalue weighted by Crippen LogP contribution is 2.22. The first-order valence-corrected chi connectivity index (χ1v) is 6.42. The van der Waals surface area contributed by atoms with Crippen molar-refractivity contribution in [2.24, 2.45) is 0 Å². The van der Waals surface area contributed by atoms with Crippen molar-refractivity contribution in [3.63, 3.8) is 0 Å². The summed E-state index contributed by atoms with van der Waals surface area (Å²) in [6.07, 6.45) is 0.836. The Morgan fingerprint density at radius 1 is 1.45 bits per heavy atom. The van der Waals surface area contributed by atoms with Crippen molar-refractivity contribution in [3.05, 3.63) is 30.2 Å². The molecule has 106 valence electrons. The summed E-state index contributed by atoms with van der Waals surface area (Å²) < 4.78 is 10.5. The van der Waals surface area contributed by atoms with Crippen LogP contribution in [0.3, 0.4) is 0 Å². The predicted molar refractivity (Wildman–Crippen MR) is 73.5 cm³/mol. The van der Waals surface area contributed by atoms with E-state index in [1.54, 1.807) is 13.2 Å². The lowest BCUT2D eigenvalue weighted by Gasteiger charge is -2.08. The highest BCUT2D eigenvalue weighted by molar-refractivity contribution is 5.89. The summed E-state index contributed by atoms with van der Waals surface area (Å²) in [7, 11) is 1.58. The SMILES string of the molecule is CCC(C)NC(=O)c1nnc(-c2cccc(OC)c2)o1. The third-order valence-electron chi connectivity index (χ3n) is 2.93. The maximum Gasteiger partial charge on any atom is 0.309 e. The van der Waals surface area contributed by atoms with E-state index in [2.05, 4.69) is 15.5 Å². The quantitative estimate of drug-likeness (QED) is 0.905. The van der Waals surface area contributed by atoms with Crippen LogP contribution in [-0.4, -0.2) is 29.3 Å². The minimum atomic E-state index is -0.360. The minimum Gasteiger partial charge on any atom is -0.497 e. The topological polar surface area (TPSA) is 77.2 Å². The van der Waals surface area contributed by atoms with Gasteiger partial charge in [-0.15, -0.1) is 10.2 Å². The van der Waals surface area contributed by atoms with Gasteiger partial charge in [0.25, 0.3) is 0 Å². The molecule has 0 saturated carbocycles. The Balaban J connectivity index is 2.17. The van der Waals surface area contributed by atoms with Gasteiger partial charge in [-0.2, -0.15) is 0 Å². The maximum absolute atomic E-state index is 11.8. The monoisotopic (exact) mass is 275 g/mol. The lowest BCUT2D eigenvalue weighted by atomic mass is 10.2. The number of carbonyl (C=O) groups excluding carboxylic acids is 1. The van der Waals surface area contributed by atoms with Crippen LogP contribution in [0, 0.1) is 0 Å². The third-order valence-corrected chi connectivity index (χ3v) is 2.93. The van der Waals surface area contributed by atoms with Gasteiger partial charge in [0.15, 0.2) is 0 Å². The fourth-order valence-corrected chi connectivity index (χ4v) is 1.58. The van der Waals surface area contributed by atoms with E-state index in [-0.39, 0.29) is 17.8 Å². The molecular weight excluding hydrogens is 258 g/mol. The standard InChI is InChI=1S/C14H17N3O3/c1-4-9(2)15-12(18)14-17-16-13(20-14)10-6-5-7-11(8-10)19-3/h5-9H,4H2,1-3H3,(H,15,18). The van der Waals surface area contributed by atoms with Gasteiger partial charge in [0, 0.05) is 11.6 Å². The molecule has 0 spiro atoms. The molecule has 6 heteroatoms. The molecule has 0 aliphatic rings. The van der Waals surface area contributed by atoms with Gasteiger partial charge in [0.05, 0.1) is 7.11 Å². The van der Waals surface area contributed by atoms with Gasteiger partial charge in [-0.05, 0) is 31.5 Å². The largest absolute Gasteiger partial charge is 0.497 e. The van der Waals surface area contributed by atoms with Gasteiger partial charge in [-0.1, -0.05) is 13.0 Å². The number of aromatic nitrogens is 2. The lowest BCUT2D eigenvalue weighted by molar-refractivity contribution is 0.0905. The zero-order valence-corrected chi connectivity index (χ0v) is 11.7. The van der Waals surface area contributed by atoms with E-state index < -0.39 is 0 Å². The van der Waals surface area contributed by atoms with Crippen LogP contribution in [0.2, 0.25) is 0 Å². The highest BCUT2D eigenvalue weighted by Gasteiger charge is 2.17. The van der Waals surface area contributed by atoms with Crippen molar-refractivity contribution in [2.45, 2.75) is 26.3 Å². The molecule has 1 N–H and O–H groups in total. The zero-order valence-electron chi connectivity index (χ0n) is 11.7. The molecule has 1 atom stereocenters. The van der Waals surface area contributed by atoms with Crippen molar-refractivity contribution >= 4 is 5.91 Å². The summed E-state index contributed by atoms with van der Waals surface area (Å²) in [5.41, 5.74) is 0.708. The number of benzene rings is 1. The molecule has 1 aromatic carbocycles. The fourth-order valence-electron chi connectivity index (χ4n) is 1.58. The summed E-state index contributed by atoms with van der Waals surface area (Å²) in [6, 6.07) is 7.28. The van der Waals surface area contributed by atoms with Gasteiger partial charge in [-0.3, -0.25) is 4.79 Å². The number of nitrogens with one attached hydrogen (secondary N) is 1. The molecule has 0 bridgehead atoms. The number of methoxy groups -OCH3 is 1. The molecule has 0 aliphatic heterocycles. The van der Waals surface area contributed by atoms with Crippen molar-refractivity contribution in [1.29, 1.82) is 0 Å². The molecule has 0 aliphatic carbocycles. The van der Waals surface area contributed by atoms with E-state index in [0.29, 0.717) is 17.2 Å². The van der Waals surface area contributed by atoms with E-state index in [1.165, 1.54) is 0 Å². The van der Waals surface area contributed by atoms with Crippen molar-refractivity contribution < 1.29 is 13.9 Å². The molecule has 1 amide bonds. The number of hydrogen-bond acceptors (Lipinski definition) is 5. The summed E-state index contributed by atoms with van der Waals surface area (Å²) in [5.74, 6) is 0.577. The molecule has 0 saturated heterocycles. The Morgan fingerprint density at radius 3 is 2.95 bits per heavy atom. The first kappa shape index (κ1) is 14.0. The third kappa shape index (κ3) is 3.14. The molecule has 1 unspecified atom stereocenters. The summed E-state index contributed by atoms with van der Waals surface area (Å²) >= 11 is 0.